The van der Waals surface area contributed by atoms with E-state index in [0.29, 0.717) is 0 Å². The molecule has 1 aromatic heterocycles. The van der Waals surface area contributed by atoms with Crippen molar-refractivity contribution >= 4 is 36.4 Å². The molecule has 0 aliphatic carbocycles. The lowest BCUT2D eigenvalue weighted by atomic mass is 9.86. The maximum absolute atomic E-state index is 13.5. The number of carbonyl (C=O) groups excluding carboxylic acids is 1. The van der Waals surface area contributed by atoms with Gasteiger partial charge in [0, 0.05) is 44.3 Å². The fraction of sp³-hybridized carbons (Fsp3) is 0.500. The van der Waals surface area contributed by atoms with Crippen LogP contribution in [0.3, 0.4) is 0 Å². The van der Waals surface area contributed by atoms with E-state index >= 15 is 0 Å². The predicted octanol–water partition coefficient (Wildman–Crippen LogP) is 2.46. The summed E-state index contributed by atoms with van der Waals surface area (Å²) in [4.78, 5) is 17.9. The minimum absolute atomic E-state index is 0. The van der Waals surface area contributed by atoms with Gasteiger partial charge in [-0.05, 0) is 56.6 Å². The summed E-state index contributed by atoms with van der Waals surface area (Å²) in [6.07, 6.45) is 5.30. The number of rotatable bonds is 3. The Labute approximate surface area is 179 Å². The molecule has 0 unspecified atom stereocenters. The predicted molar refractivity (Wildman–Crippen MR) is 117 cm³/mol. The number of piperazine rings is 1. The van der Waals surface area contributed by atoms with Gasteiger partial charge in [-0.1, -0.05) is 12.1 Å². The van der Waals surface area contributed by atoms with Crippen molar-refractivity contribution in [3.05, 3.63) is 48.3 Å². The van der Waals surface area contributed by atoms with E-state index in [1.807, 2.05) is 21.8 Å². The number of hydrogen-bond donors (Lipinski definition) is 1. The molecule has 1 amide bonds. The highest BCUT2D eigenvalue weighted by Crippen LogP contribution is 2.30. The number of nitrogens with zero attached hydrogens (tertiary/aromatic N) is 4. The molecule has 0 spiro atoms. The van der Waals surface area contributed by atoms with E-state index in [0.717, 1.165) is 52.1 Å². The zero-order valence-corrected chi connectivity index (χ0v) is 17.8. The maximum Gasteiger partial charge on any atom is 0.250 e. The lowest BCUT2D eigenvalue weighted by Gasteiger charge is -2.43. The molecule has 2 aliphatic rings. The summed E-state index contributed by atoms with van der Waals surface area (Å²) in [6.45, 7) is 7.12. The van der Waals surface area contributed by atoms with Gasteiger partial charge in [0.15, 0.2) is 0 Å². The minimum atomic E-state index is -0.528. The van der Waals surface area contributed by atoms with Crippen LogP contribution in [0.4, 0.5) is 5.69 Å². The molecule has 8 heteroatoms. The highest BCUT2D eigenvalue weighted by Gasteiger charge is 2.44. The smallest absolute Gasteiger partial charge is 0.250 e. The first kappa shape index (κ1) is 22.5. The van der Waals surface area contributed by atoms with Gasteiger partial charge in [-0.2, -0.15) is 5.10 Å². The maximum atomic E-state index is 13.5. The van der Waals surface area contributed by atoms with Gasteiger partial charge in [0.25, 0.3) is 5.91 Å². The van der Waals surface area contributed by atoms with Crippen LogP contribution in [0, 0.1) is 6.92 Å². The van der Waals surface area contributed by atoms with Crippen LogP contribution in [0.1, 0.15) is 18.4 Å². The number of nitrogens with one attached hydrogen (secondary N) is 1. The van der Waals surface area contributed by atoms with E-state index in [1.165, 1.54) is 11.3 Å². The average molecular weight is 426 g/mol. The third kappa shape index (κ3) is 4.29. The van der Waals surface area contributed by atoms with Crippen molar-refractivity contribution < 1.29 is 4.79 Å². The van der Waals surface area contributed by atoms with Crippen LogP contribution >= 0.6 is 24.8 Å². The van der Waals surface area contributed by atoms with Crippen LogP contribution in [0.25, 0.3) is 0 Å². The molecular weight excluding hydrogens is 397 g/mol. The molecule has 28 heavy (non-hydrogen) atoms. The Kier molecular flexibility index (Phi) is 7.75. The van der Waals surface area contributed by atoms with Crippen LogP contribution in [0.2, 0.25) is 0 Å². The van der Waals surface area contributed by atoms with E-state index in [2.05, 4.69) is 46.5 Å². The number of amides is 1. The molecule has 0 atom stereocenters. The second-order valence-electron chi connectivity index (χ2n) is 7.35. The molecule has 0 bridgehead atoms. The summed E-state index contributed by atoms with van der Waals surface area (Å²) in [7, 11) is 0. The highest BCUT2D eigenvalue weighted by atomic mass is 35.5. The first-order chi connectivity index (χ1) is 12.7. The summed E-state index contributed by atoms with van der Waals surface area (Å²) >= 11 is 0. The minimum Gasteiger partial charge on any atom is -0.368 e. The number of aryl methyl sites for hydroxylation is 1. The van der Waals surface area contributed by atoms with Crippen molar-refractivity contribution in [2.75, 3.05) is 44.2 Å². The molecule has 0 saturated carbocycles. The molecule has 2 saturated heterocycles. The second kappa shape index (κ2) is 9.63. The largest absolute Gasteiger partial charge is 0.368 e. The zero-order chi connectivity index (χ0) is 18.0. The second-order valence-corrected chi connectivity index (χ2v) is 7.35. The number of benzene rings is 1. The number of anilines is 1. The number of carbonyl (C=O) groups is 1. The van der Waals surface area contributed by atoms with Gasteiger partial charge in [0.05, 0.1) is 0 Å². The van der Waals surface area contributed by atoms with Gasteiger partial charge in [0.1, 0.15) is 5.54 Å². The van der Waals surface area contributed by atoms with E-state index < -0.39 is 5.54 Å². The van der Waals surface area contributed by atoms with Gasteiger partial charge in [-0.3, -0.25) is 9.48 Å². The van der Waals surface area contributed by atoms with Gasteiger partial charge >= 0.3 is 0 Å². The number of hydrogen-bond acceptors (Lipinski definition) is 4. The Morgan fingerprint density at radius 1 is 1.07 bits per heavy atom. The molecule has 3 heterocycles. The SMILES string of the molecule is Cc1cccc(N2CCN(C(=O)C3(n4cccn4)CCNCC3)CC2)c1.Cl.Cl. The Balaban J connectivity index is 0.00000140. The van der Waals surface area contributed by atoms with E-state index in [4.69, 9.17) is 0 Å². The van der Waals surface area contributed by atoms with Crippen molar-refractivity contribution in [2.24, 2.45) is 0 Å². The monoisotopic (exact) mass is 425 g/mol. The van der Waals surface area contributed by atoms with Crippen molar-refractivity contribution in [3.63, 3.8) is 0 Å². The zero-order valence-electron chi connectivity index (χ0n) is 16.2. The van der Waals surface area contributed by atoms with E-state index in [1.54, 1.807) is 6.20 Å². The van der Waals surface area contributed by atoms with Crippen LogP contribution in [0.5, 0.6) is 0 Å². The Morgan fingerprint density at radius 2 is 1.79 bits per heavy atom. The van der Waals surface area contributed by atoms with Gasteiger partial charge in [-0.15, -0.1) is 24.8 Å². The van der Waals surface area contributed by atoms with Crippen molar-refractivity contribution in [2.45, 2.75) is 25.3 Å². The molecule has 2 aromatic rings. The summed E-state index contributed by atoms with van der Waals surface area (Å²) in [5.74, 6) is 0.228. The lowest BCUT2D eigenvalue weighted by molar-refractivity contribution is -0.143. The molecule has 4 rings (SSSR count). The van der Waals surface area contributed by atoms with Crippen molar-refractivity contribution in [1.82, 2.24) is 20.0 Å². The van der Waals surface area contributed by atoms with Crippen LogP contribution in [0.15, 0.2) is 42.7 Å². The summed E-state index contributed by atoms with van der Waals surface area (Å²) in [5, 5.41) is 7.80. The first-order valence-corrected chi connectivity index (χ1v) is 9.51. The normalized spacial score (nSPS) is 18.8. The third-order valence-electron chi connectivity index (χ3n) is 5.71. The number of halogens is 2. The molecule has 2 aliphatic heterocycles. The first-order valence-electron chi connectivity index (χ1n) is 9.51. The summed E-state index contributed by atoms with van der Waals surface area (Å²) < 4.78 is 1.89. The van der Waals surface area contributed by atoms with E-state index in [9.17, 15) is 4.79 Å². The lowest BCUT2D eigenvalue weighted by Crippen LogP contribution is -2.59. The number of aromatic nitrogens is 2. The summed E-state index contributed by atoms with van der Waals surface area (Å²) in [5.41, 5.74) is 1.99. The molecule has 1 aromatic carbocycles. The summed E-state index contributed by atoms with van der Waals surface area (Å²) in [6, 6.07) is 10.5. The Hall–Kier alpha value is -1.76. The topological polar surface area (TPSA) is 53.4 Å². The van der Waals surface area contributed by atoms with E-state index in [-0.39, 0.29) is 30.7 Å². The quantitative estimate of drug-likeness (QED) is 0.820. The molecular formula is C20H29Cl2N5O. The van der Waals surface area contributed by atoms with Crippen LogP contribution in [-0.4, -0.2) is 59.9 Å². The van der Waals surface area contributed by atoms with Gasteiger partial charge in [-0.25, -0.2) is 0 Å². The van der Waals surface area contributed by atoms with Gasteiger partial charge < -0.3 is 15.1 Å². The van der Waals surface area contributed by atoms with Crippen molar-refractivity contribution in [3.8, 4) is 0 Å². The average Bonchev–Trinajstić information content (AvgIpc) is 3.23. The van der Waals surface area contributed by atoms with Crippen LogP contribution in [-0.2, 0) is 10.3 Å². The molecule has 6 nitrogen and oxygen atoms in total. The van der Waals surface area contributed by atoms with Crippen LogP contribution < -0.4 is 10.2 Å². The molecule has 0 radical (unpaired) electrons. The van der Waals surface area contributed by atoms with Gasteiger partial charge in [0.2, 0.25) is 0 Å². The van der Waals surface area contributed by atoms with Crippen molar-refractivity contribution in [1.29, 1.82) is 0 Å². The fourth-order valence-electron chi connectivity index (χ4n) is 4.19. The standard InChI is InChI=1S/C20H27N5O.2ClH/c1-17-4-2-5-18(16-17)23-12-14-24(15-13-23)19(26)20(6-9-21-10-7-20)25-11-3-8-22-25;;/h2-5,8,11,16,21H,6-7,9-10,12-15H2,1H3;2*1H. The Bertz CT molecular complexity index is 754. The molecule has 2 fully saturated rings. The Morgan fingerprint density at radius 3 is 2.39 bits per heavy atom. The number of piperidine rings is 1. The molecule has 1 N–H and O–H groups in total. The molecule has 154 valence electrons. The highest BCUT2D eigenvalue weighted by molar-refractivity contribution is 5.86. The fourth-order valence-corrected chi connectivity index (χ4v) is 4.19. The third-order valence-corrected chi connectivity index (χ3v) is 5.71.